The Labute approximate surface area is 101 Å². The minimum atomic E-state index is -4.00. The van der Waals surface area contributed by atoms with Crippen LogP contribution in [-0.2, 0) is 10.1 Å². The fourth-order valence-corrected chi connectivity index (χ4v) is 1.06. The summed E-state index contributed by atoms with van der Waals surface area (Å²) >= 11 is 0. The molecule has 1 aromatic rings. The van der Waals surface area contributed by atoms with Crippen molar-refractivity contribution < 1.29 is 44.0 Å². The van der Waals surface area contributed by atoms with Gasteiger partial charge in [-0.25, -0.2) is 0 Å². The minimum Gasteiger partial charge on any atom is -1.00 e. The summed E-state index contributed by atoms with van der Waals surface area (Å²) in [6, 6.07) is 8.86. The van der Waals surface area contributed by atoms with Gasteiger partial charge in [-0.2, -0.15) is 8.42 Å². The SMILES string of the molecule is O=S(=O)(O)C=Cc1ccccc1.[H-].[Na+]. The monoisotopic (exact) mass is 208 g/mol. The second-order valence-corrected chi connectivity index (χ2v) is 3.53. The van der Waals surface area contributed by atoms with Crippen LogP contribution in [0.1, 0.15) is 6.99 Å². The summed E-state index contributed by atoms with van der Waals surface area (Å²) in [7, 11) is -4.00. The van der Waals surface area contributed by atoms with Crippen LogP contribution in [0.25, 0.3) is 6.08 Å². The average molecular weight is 208 g/mol. The molecule has 13 heavy (non-hydrogen) atoms. The van der Waals surface area contributed by atoms with Gasteiger partial charge in [0.2, 0.25) is 0 Å². The van der Waals surface area contributed by atoms with Gasteiger partial charge in [0.15, 0.2) is 0 Å². The Morgan fingerprint density at radius 2 is 1.77 bits per heavy atom. The molecule has 1 aromatic carbocycles. The van der Waals surface area contributed by atoms with E-state index in [1.807, 2.05) is 6.07 Å². The number of rotatable bonds is 2. The fourth-order valence-electron chi connectivity index (χ4n) is 0.729. The topological polar surface area (TPSA) is 54.4 Å². The van der Waals surface area contributed by atoms with Gasteiger partial charge < -0.3 is 1.43 Å². The molecule has 1 N–H and O–H groups in total. The molecule has 0 fully saturated rings. The van der Waals surface area contributed by atoms with Crippen LogP contribution in [0, 0.1) is 0 Å². The molecule has 0 spiro atoms. The molecule has 0 saturated carbocycles. The zero-order valence-corrected chi connectivity index (χ0v) is 10.0. The van der Waals surface area contributed by atoms with Crippen LogP contribution in [0.5, 0.6) is 0 Å². The van der Waals surface area contributed by atoms with Crippen molar-refractivity contribution in [2.45, 2.75) is 0 Å². The van der Waals surface area contributed by atoms with Crippen LogP contribution >= 0.6 is 0 Å². The van der Waals surface area contributed by atoms with Gasteiger partial charge in [-0.05, 0) is 11.6 Å². The molecular weight excluding hydrogens is 199 g/mol. The normalized spacial score (nSPS) is 11.2. The van der Waals surface area contributed by atoms with E-state index in [0.29, 0.717) is 0 Å². The minimum absolute atomic E-state index is 0. The van der Waals surface area contributed by atoms with E-state index < -0.39 is 10.1 Å². The van der Waals surface area contributed by atoms with Gasteiger partial charge in [0, 0.05) is 0 Å². The zero-order valence-electron chi connectivity index (χ0n) is 8.21. The summed E-state index contributed by atoms with van der Waals surface area (Å²) in [5.41, 5.74) is 0.732. The van der Waals surface area contributed by atoms with Crippen molar-refractivity contribution >= 4 is 16.2 Å². The summed E-state index contributed by atoms with van der Waals surface area (Å²) in [6.07, 6.45) is 1.33. The maximum absolute atomic E-state index is 10.3. The smallest absolute Gasteiger partial charge is 1.00 e. The molecule has 0 bridgehead atoms. The molecule has 0 unspecified atom stereocenters. The molecule has 0 aliphatic rings. The van der Waals surface area contributed by atoms with Crippen molar-refractivity contribution in [1.29, 1.82) is 0 Å². The quantitative estimate of drug-likeness (QED) is 0.483. The summed E-state index contributed by atoms with van der Waals surface area (Å²) in [6.45, 7) is 0. The third-order valence-electron chi connectivity index (χ3n) is 1.23. The van der Waals surface area contributed by atoms with E-state index in [1.165, 1.54) is 6.08 Å². The second-order valence-electron chi connectivity index (χ2n) is 2.23. The molecule has 0 aromatic heterocycles. The molecule has 0 radical (unpaired) electrons. The summed E-state index contributed by atoms with van der Waals surface area (Å²) in [5.74, 6) is 0. The van der Waals surface area contributed by atoms with E-state index in [2.05, 4.69) is 0 Å². The van der Waals surface area contributed by atoms with E-state index in [0.717, 1.165) is 11.0 Å². The van der Waals surface area contributed by atoms with Crippen LogP contribution in [-0.4, -0.2) is 13.0 Å². The van der Waals surface area contributed by atoms with Crippen LogP contribution in [0.2, 0.25) is 0 Å². The van der Waals surface area contributed by atoms with Gasteiger partial charge in [-0.15, -0.1) is 0 Å². The largest absolute Gasteiger partial charge is 1.00 e. The Hall–Kier alpha value is -0.130. The number of benzene rings is 1. The Bertz CT molecular complexity index is 375. The molecule has 0 saturated heterocycles. The van der Waals surface area contributed by atoms with Crippen molar-refractivity contribution in [3.8, 4) is 0 Å². The standard InChI is InChI=1S/C8H8O3S.Na.H/c9-12(10,11)7-6-8-4-2-1-3-5-8;;/h1-7H,(H,9,10,11);;/q;+1;-1. The maximum atomic E-state index is 10.3. The fraction of sp³-hybridized carbons (Fsp3) is 0. The first-order valence-electron chi connectivity index (χ1n) is 3.28. The molecule has 0 amide bonds. The molecule has 66 valence electrons. The summed E-state index contributed by atoms with van der Waals surface area (Å²) in [5, 5.41) is 0.752. The number of hydrogen-bond acceptors (Lipinski definition) is 2. The van der Waals surface area contributed by atoms with Crippen molar-refractivity contribution in [1.82, 2.24) is 0 Å². The van der Waals surface area contributed by atoms with E-state index >= 15 is 0 Å². The number of hydrogen-bond donors (Lipinski definition) is 1. The van der Waals surface area contributed by atoms with Crippen LogP contribution in [0.15, 0.2) is 35.7 Å². The van der Waals surface area contributed by atoms with Crippen LogP contribution in [0.4, 0.5) is 0 Å². The summed E-state index contributed by atoms with van der Waals surface area (Å²) < 4.78 is 28.9. The van der Waals surface area contributed by atoms with E-state index in [4.69, 9.17) is 4.55 Å². The molecule has 0 aliphatic heterocycles. The van der Waals surface area contributed by atoms with E-state index in [9.17, 15) is 8.42 Å². The molecule has 1 rings (SSSR count). The van der Waals surface area contributed by atoms with Crippen LogP contribution in [0.3, 0.4) is 0 Å². The van der Waals surface area contributed by atoms with Gasteiger partial charge in [-0.3, -0.25) is 4.55 Å². The van der Waals surface area contributed by atoms with Crippen molar-refractivity contribution in [2.24, 2.45) is 0 Å². The summed E-state index contributed by atoms with van der Waals surface area (Å²) in [4.78, 5) is 0. The van der Waals surface area contributed by atoms with Gasteiger partial charge in [-0.1, -0.05) is 30.3 Å². The Kier molecular flexibility index (Phi) is 5.51. The average Bonchev–Trinajstić information content (AvgIpc) is 2.02. The van der Waals surface area contributed by atoms with Crippen molar-refractivity contribution in [2.75, 3.05) is 0 Å². The Morgan fingerprint density at radius 1 is 1.23 bits per heavy atom. The van der Waals surface area contributed by atoms with E-state index in [-0.39, 0.29) is 31.0 Å². The third-order valence-corrected chi connectivity index (χ3v) is 1.71. The first-order chi connectivity index (χ1) is 5.58. The predicted octanol–water partition coefficient (Wildman–Crippen LogP) is -1.34. The third kappa shape index (κ3) is 6.01. The van der Waals surface area contributed by atoms with Gasteiger partial charge in [0.05, 0.1) is 5.41 Å². The second kappa shape index (κ2) is 5.57. The van der Waals surface area contributed by atoms with Gasteiger partial charge in [0.1, 0.15) is 0 Å². The first kappa shape index (κ1) is 12.9. The molecule has 0 heterocycles. The van der Waals surface area contributed by atoms with Crippen molar-refractivity contribution in [3.63, 3.8) is 0 Å². The van der Waals surface area contributed by atoms with E-state index in [1.54, 1.807) is 24.3 Å². The molecule has 0 atom stereocenters. The predicted molar refractivity (Wildman–Crippen MR) is 48.1 cm³/mol. The van der Waals surface area contributed by atoms with Crippen molar-refractivity contribution in [3.05, 3.63) is 41.3 Å². The Morgan fingerprint density at radius 3 is 2.23 bits per heavy atom. The maximum Gasteiger partial charge on any atom is 1.00 e. The molecule has 0 aliphatic carbocycles. The van der Waals surface area contributed by atoms with Gasteiger partial charge in [0.25, 0.3) is 10.1 Å². The molecule has 3 nitrogen and oxygen atoms in total. The van der Waals surface area contributed by atoms with Gasteiger partial charge >= 0.3 is 29.6 Å². The first-order valence-corrected chi connectivity index (χ1v) is 4.79. The van der Waals surface area contributed by atoms with Crippen LogP contribution < -0.4 is 29.6 Å². The zero-order chi connectivity index (χ0) is 9.03. The molecular formula is C8H9NaO3S. The molecule has 5 heteroatoms. The Balaban J connectivity index is 0.